The predicted molar refractivity (Wildman–Crippen MR) is 99.4 cm³/mol. The normalized spacial score (nSPS) is 22.7. The third kappa shape index (κ3) is 3.41. The lowest BCUT2D eigenvalue weighted by Gasteiger charge is -2.29. The minimum Gasteiger partial charge on any atom is -0.435 e. The number of anilines is 1. The zero-order valence-corrected chi connectivity index (χ0v) is 15.0. The molecule has 2 aliphatic heterocycles. The van der Waals surface area contributed by atoms with Crippen molar-refractivity contribution >= 4 is 11.5 Å². The molecule has 0 bridgehead atoms. The van der Waals surface area contributed by atoms with Crippen LogP contribution in [0.3, 0.4) is 0 Å². The standard InChI is InChI=1S/C21H23F2N2O2/c22-20(23)27-18-12-10-17(11-13-18)25-19-9-5-2-6-14-24(19)15-21(25,26)16-7-3-1-4-8-16/h1,3-4,7-8,10-13,20,26H,2,5-6,9,14-15H2/q+1/t21-/m0/s1. The van der Waals surface area contributed by atoms with Gasteiger partial charge in [-0.1, -0.05) is 30.3 Å². The van der Waals surface area contributed by atoms with Gasteiger partial charge in [0, 0.05) is 12.0 Å². The van der Waals surface area contributed by atoms with E-state index in [9.17, 15) is 13.9 Å². The van der Waals surface area contributed by atoms with E-state index in [4.69, 9.17) is 0 Å². The van der Waals surface area contributed by atoms with Crippen molar-refractivity contribution in [2.24, 2.45) is 0 Å². The summed E-state index contributed by atoms with van der Waals surface area (Å²) in [6, 6.07) is 16.1. The molecule has 0 amide bonds. The van der Waals surface area contributed by atoms with Crippen molar-refractivity contribution in [2.75, 3.05) is 18.0 Å². The first-order valence-electron chi connectivity index (χ1n) is 9.32. The summed E-state index contributed by atoms with van der Waals surface area (Å²) in [5.74, 6) is 1.19. The van der Waals surface area contributed by atoms with Crippen LogP contribution in [0.2, 0.25) is 0 Å². The number of hydrogen-bond acceptors (Lipinski definition) is 3. The van der Waals surface area contributed by atoms with E-state index in [2.05, 4.69) is 9.31 Å². The summed E-state index contributed by atoms with van der Waals surface area (Å²) in [7, 11) is 0. The van der Waals surface area contributed by atoms with E-state index in [-0.39, 0.29) is 5.75 Å². The molecule has 0 aliphatic carbocycles. The number of nitrogens with zero attached hydrogens (tertiary/aromatic N) is 2. The molecule has 142 valence electrons. The van der Waals surface area contributed by atoms with Gasteiger partial charge in [0.2, 0.25) is 0 Å². The molecule has 2 heterocycles. The van der Waals surface area contributed by atoms with Crippen LogP contribution in [0.5, 0.6) is 5.75 Å². The molecular weight excluding hydrogens is 350 g/mol. The second-order valence-corrected chi connectivity index (χ2v) is 7.04. The van der Waals surface area contributed by atoms with Crippen molar-refractivity contribution in [1.82, 2.24) is 0 Å². The Hall–Kier alpha value is -2.47. The maximum Gasteiger partial charge on any atom is 0.387 e. The average Bonchev–Trinajstić information content (AvgIpc) is 2.79. The lowest BCUT2D eigenvalue weighted by Crippen LogP contribution is -2.47. The smallest absolute Gasteiger partial charge is 0.387 e. The van der Waals surface area contributed by atoms with Crippen LogP contribution >= 0.6 is 0 Å². The molecule has 0 saturated carbocycles. The molecule has 1 N–H and O–H groups in total. The maximum absolute atomic E-state index is 12.4. The molecule has 2 aromatic carbocycles. The third-order valence-corrected chi connectivity index (χ3v) is 5.29. The Morgan fingerprint density at radius 3 is 2.44 bits per heavy atom. The van der Waals surface area contributed by atoms with E-state index >= 15 is 0 Å². The van der Waals surface area contributed by atoms with E-state index in [0.29, 0.717) is 6.54 Å². The largest absolute Gasteiger partial charge is 0.435 e. The molecule has 0 unspecified atom stereocenters. The second kappa shape index (κ2) is 7.27. The molecule has 0 spiro atoms. The van der Waals surface area contributed by atoms with Gasteiger partial charge in [-0.25, -0.2) is 0 Å². The van der Waals surface area contributed by atoms with Crippen LogP contribution in [-0.2, 0) is 5.72 Å². The number of benzene rings is 2. The molecule has 6 heteroatoms. The molecule has 0 radical (unpaired) electrons. The number of aliphatic hydroxyl groups is 1. The van der Waals surface area contributed by atoms with Gasteiger partial charge >= 0.3 is 6.61 Å². The van der Waals surface area contributed by atoms with Crippen molar-refractivity contribution in [3.05, 3.63) is 60.2 Å². The zero-order chi connectivity index (χ0) is 18.9. The molecule has 2 aliphatic rings. The Bertz CT molecular complexity index is 824. The topological polar surface area (TPSA) is 35.7 Å². The molecule has 4 rings (SSSR count). The van der Waals surface area contributed by atoms with E-state index in [0.717, 1.165) is 42.9 Å². The summed E-state index contributed by atoms with van der Waals surface area (Å²) in [4.78, 5) is 1.96. The summed E-state index contributed by atoms with van der Waals surface area (Å²) in [6.07, 6.45) is 4.21. The number of hydrogen-bond donors (Lipinski definition) is 1. The van der Waals surface area contributed by atoms with Crippen molar-refractivity contribution in [3.63, 3.8) is 0 Å². The van der Waals surface area contributed by atoms with Crippen molar-refractivity contribution in [3.8, 4) is 5.75 Å². The highest BCUT2D eigenvalue weighted by molar-refractivity contribution is 5.97. The molecular formula is C21H23F2N2O2+. The van der Waals surface area contributed by atoms with Crippen LogP contribution in [0.25, 0.3) is 0 Å². The fraction of sp³-hybridized carbons (Fsp3) is 0.381. The maximum atomic E-state index is 12.4. The predicted octanol–water partition coefficient (Wildman–Crippen LogP) is 3.94. The Morgan fingerprint density at radius 1 is 1.00 bits per heavy atom. The SMILES string of the molecule is O[C@]1(c2ccccc2)C[N+]2=C(CCCCC2)N1c1ccc(OC(F)F)cc1. The van der Waals surface area contributed by atoms with E-state index in [1.807, 2.05) is 35.2 Å². The van der Waals surface area contributed by atoms with Gasteiger partial charge in [0.25, 0.3) is 11.6 Å². The third-order valence-electron chi connectivity index (χ3n) is 5.29. The number of halogens is 2. The highest BCUT2D eigenvalue weighted by atomic mass is 19.3. The highest BCUT2D eigenvalue weighted by Crippen LogP contribution is 2.38. The fourth-order valence-electron chi connectivity index (χ4n) is 4.09. The van der Waals surface area contributed by atoms with Crippen LogP contribution in [0, 0.1) is 0 Å². The van der Waals surface area contributed by atoms with Gasteiger partial charge in [-0.15, -0.1) is 0 Å². The Balaban J connectivity index is 1.75. The molecule has 27 heavy (non-hydrogen) atoms. The summed E-state index contributed by atoms with van der Waals surface area (Å²) < 4.78 is 31.6. The molecule has 1 atom stereocenters. The zero-order valence-electron chi connectivity index (χ0n) is 15.0. The number of alkyl halides is 2. The molecule has 4 nitrogen and oxygen atoms in total. The van der Waals surface area contributed by atoms with Crippen LogP contribution in [0.1, 0.15) is 31.2 Å². The van der Waals surface area contributed by atoms with Gasteiger partial charge in [-0.05, 0) is 43.5 Å². The number of rotatable bonds is 4. The first-order chi connectivity index (χ1) is 13.1. The van der Waals surface area contributed by atoms with Gasteiger partial charge in [0.1, 0.15) is 11.4 Å². The molecule has 0 fully saturated rings. The Labute approximate surface area is 157 Å². The van der Waals surface area contributed by atoms with E-state index in [1.165, 1.54) is 18.6 Å². The Morgan fingerprint density at radius 2 is 1.74 bits per heavy atom. The minimum absolute atomic E-state index is 0.110. The van der Waals surface area contributed by atoms with Gasteiger partial charge in [-0.3, -0.25) is 4.58 Å². The van der Waals surface area contributed by atoms with E-state index in [1.54, 1.807) is 12.1 Å². The molecule has 0 saturated heterocycles. The summed E-state index contributed by atoms with van der Waals surface area (Å²) >= 11 is 0. The van der Waals surface area contributed by atoms with Crippen molar-refractivity contribution < 1.29 is 23.2 Å². The highest BCUT2D eigenvalue weighted by Gasteiger charge is 2.53. The summed E-state index contributed by atoms with van der Waals surface area (Å²) in [5, 5.41) is 11.7. The fourth-order valence-corrected chi connectivity index (χ4v) is 4.09. The lowest BCUT2D eigenvalue weighted by atomic mass is 10.00. The average molecular weight is 373 g/mol. The molecule has 0 aromatic heterocycles. The molecule has 2 aromatic rings. The minimum atomic E-state index is -2.85. The van der Waals surface area contributed by atoms with Crippen LogP contribution in [0.4, 0.5) is 14.5 Å². The van der Waals surface area contributed by atoms with Gasteiger partial charge in [0.05, 0.1) is 6.54 Å². The second-order valence-electron chi connectivity index (χ2n) is 7.04. The summed E-state index contributed by atoms with van der Waals surface area (Å²) in [6.45, 7) is -1.45. The number of amidine groups is 1. The van der Waals surface area contributed by atoms with E-state index < -0.39 is 12.3 Å². The quantitative estimate of drug-likeness (QED) is 0.825. The van der Waals surface area contributed by atoms with Crippen molar-refractivity contribution in [1.29, 1.82) is 0 Å². The van der Waals surface area contributed by atoms with Crippen LogP contribution in [-0.4, -0.2) is 35.2 Å². The Kier molecular flexibility index (Phi) is 4.83. The van der Waals surface area contributed by atoms with Gasteiger partial charge < -0.3 is 9.84 Å². The first kappa shape index (κ1) is 17.9. The van der Waals surface area contributed by atoms with Gasteiger partial charge in [-0.2, -0.15) is 13.7 Å². The van der Waals surface area contributed by atoms with Crippen LogP contribution < -0.4 is 9.64 Å². The lowest BCUT2D eigenvalue weighted by molar-refractivity contribution is -0.534. The number of ether oxygens (including phenoxy) is 1. The van der Waals surface area contributed by atoms with Crippen LogP contribution in [0.15, 0.2) is 54.6 Å². The summed E-state index contributed by atoms with van der Waals surface area (Å²) in [5.41, 5.74) is 0.389. The first-order valence-corrected chi connectivity index (χ1v) is 9.32. The monoisotopic (exact) mass is 373 g/mol. The van der Waals surface area contributed by atoms with Crippen molar-refractivity contribution in [2.45, 2.75) is 38.0 Å². The van der Waals surface area contributed by atoms with Gasteiger partial charge in [0.15, 0.2) is 6.54 Å².